The highest BCUT2D eigenvalue weighted by atomic mass is 15.0. The molecule has 0 saturated carbocycles. The van der Waals surface area contributed by atoms with E-state index in [2.05, 4.69) is 33.9 Å². The van der Waals surface area contributed by atoms with Crippen molar-refractivity contribution >= 4 is 11.5 Å². The molecule has 4 aromatic rings. The molecule has 0 aliphatic rings. The third kappa shape index (κ3) is 2.71. The second-order valence-corrected chi connectivity index (χ2v) is 5.30. The number of pyridine rings is 2. The summed E-state index contributed by atoms with van der Waals surface area (Å²) in [7, 11) is 0. The van der Waals surface area contributed by atoms with E-state index in [1.807, 2.05) is 47.0 Å². The third-order valence-electron chi connectivity index (χ3n) is 3.67. The van der Waals surface area contributed by atoms with Gasteiger partial charge in [-0.3, -0.25) is 4.40 Å². The number of imidazole rings is 1. The van der Waals surface area contributed by atoms with Crippen LogP contribution in [0.3, 0.4) is 0 Å². The second kappa shape index (κ2) is 5.90. The largest absolute Gasteiger partial charge is 0.384 e. The number of benzene rings is 1. The van der Waals surface area contributed by atoms with E-state index < -0.39 is 0 Å². The number of fused-ring (bicyclic) bond motifs is 1. The first-order chi connectivity index (χ1) is 11.8. The first-order valence-electron chi connectivity index (χ1n) is 7.47. The Morgan fingerprint density at radius 1 is 0.958 bits per heavy atom. The Labute approximate surface area is 139 Å². The quantitative estimate of drug-likeness (QED) is 0.549. The molecule has 113 valence electrons. The average Bonchev–Trinajstić information content (AvgIpc) is 3.03. The van der Waals surface area contributed by atoms with Gasteiger partial charge in [0.15, 0.2) is 0 Å². The molecule has 0 saturated heterocycles. The van der Waals surface area contributed by atoms with Gasteiger partial charge < -0.3 is 5.73 Å². The maximum atomic E-state index is 5.68. The lowest BCUT2D eigenvalue weighted by molar-refractivity contribution is 1.16. The Bertz CT molecular complexity index is 1070. The van der Waals surface area contributed by atoms with Crippen molar-refractivity contribution in [1.82, 2.24) is 14.4 Å². The van der Waals surface area contributed by atoms with E-state index in [-0.39, 0.29) is 0 Å². The summed E-state index contributed by atoms with van der Waals surface area (Å²) in [6, 6.07) is 18.5. The molecule has 0 unspecified atom stereocenters. The molecule has 3 heterocycles. The lowest BCUT2D eigenvalue weighted by Crippen LogP contribution is -1.91. The Hall–Kier alpha value is -3.58. The summed E-state index contributed by atoms with van der Waals surface area (Å²) in [5.74, 6) is 6.72. The van der Waals surface area contributed by atoms with Crippen molar-refractivity contribution < 1.29 is 0 Å². The number of anilines is 1. The van der Waals surface area contributed by atoms with Gasteiger partial charge >= 0.3 is 0 Å². The van der Waals surface area contributed by atoms with Crippen molar-refractivity contribution in [2.75, 3.05) is 5.73 Å². The van der Waals surface area contributed by atoms with Gasteiger partial charge in [0.2, 0.25) is 0 Å². The first kappa shape index (κ1) is 14.0. The van der Waals surface area contributed by atoms with Crippen LogP contribution in [0, 0.1) is 17.9 Å². The van der Waals surface area contributed by atoms with Crippen LogP contribution in [0.25, 0.3) is 16.8 Å². The molecule has 3 aromatic heterocycles. The minimum Gasteiger partial charge on any atom is -0.384 e. The van der Waals surface area contributed by atoms with Crippen LogP contribution in [0.5, 0.6) is 0 Å². The van der Waals surface area contributed by atoms with Crippen LogP contribution in [0.1, 0.15) is 11.3 Å². The van der Waals surface area contributed by atoms with Crippen molar-refractivity contribution in [3.05, 3.63) is 84.4 Å². The minimum absolute atomic E-state index is 0.461. The van der Waals surface area contributed by atoms with Crippen LogP contribution >= 0.6 is 0 Å². The van der Waals surface area contributed by atoms with E-state index in [9.17, 15) is 0 Å². The van der Waals surface area contributed by atoms with Crippen LogP contribution in [-0.4, -0.2) is 14.4 Å². The fraction of sp³-hybridized carbons (Fsp3) is 0. The predicted molar refractivity (Wildman–Crippen MR) is 94.1 cm³/mol. The second-order valence-electron chi connectivity index (χ2n) is 5.30. The van der Waals surface area contributed by atoms with Crippen LogP contribution in [0.2, 0.25) is 0 Å². The Morgan fingerprint density at radius 3 is 2.67 bits per heavy atom. The lowest BCUT2D eigenvalue weighted by atomic mass is 10.1. The number of rotatable bonds is 1. The van der Waals surface area contributed by atoms with Crippen molar-refractivity contribution in [2.45, 2.75) is 0 Å². The summed E-state index contributed by atoms with van der Waals surface area (Å²) < 4.78 is 1.99. The molecular formula is C20H13N4. The molecule has 0 aliphatic heterocycles. The zero-order chi connectivity index (χ0) is 16.4. The summed E-state index contributed by atoms with van der Waals surface area (Å²) >= 11 is 0. The molecule has 4 rings (SSSR count). The Morgan fingerprint density at radius 2 is 1.83 bits per heavy atom. The Balaban J connectivity index is 1.77. The van der Waals surface area contributed by atoms with Gasteiger partial charge in [0.25, 0.3) is 0 Å². The fourth-order valence-electron chi connectivity index (χ4n) is 2.49. The van der Waals surface area contributed by atoms with E-state index in [1.165, 1.54) is 0 Å². The van der Waals surface area contributed by atoms with Gasteiger partial charge in [0, 0.05) is 18.0 Å². The molecule has 0 spiro atoms. The van der Waals surface area contributed by atoms with Gasteiger partial charge in [-0.05, 0) is 47.4 Å². The summed E-state index contributed by atoms with van der Waals surface area (Å²) in [6.07, 6.45) is 5.47. The highest BCUT2D eigenvalue weighted by Gasteiger charge is 2.03. The van der Waals surface area contributed by atoms with Crippen molar-refractivity contribution in [1.29, 1.82) is 0 Å². The summed E-state index contributed by atoms with van der Waals surface area (Å²) in [5, 5.41) is 0. The molecule has 4 heteroatoms. The maximum absolute atomic E-state index is 5.68. The van der Waals surface area contributed by atoms with Crippen molar-refractivity contribution in [3.8, 4) is 23.0 Å². The fourth-order valence-corrected chi connectivity index (χ4v) is 2.49. The molecule has 0 amide bonds. The zero-order valence-electron chi connectivity index (χ0n) is 12.8. The van der Waals surface area contributed by atoms with Crippen molar-refractivity contribution in [2.24, 2.45) is 0 Å². The highest BCUT2D eigenvalue weighted by Crippen LogP contribution is 2.20. The topological polar surface area (TPSA) is 56.2 Å². The molecule has 1 radical (unpaired) electrons. The number of hydrogen-bond donors (Lipinski definition) is 1. The molecular weight excluding hydrogens is 296 g/mol. The van der Waals surface area contributed by atoms with E-state index >= 15 is 0 Å². The molecule has 1 aromatic carbocycles. The van der Waals surface area contributed by atoms with Gasteiger partial charge in [-0.1, -0.05) is 30.2 Å². The summed E-state index contributed by atoms with van der Waals surface area (Å²) in [4.78, 5) is 8.37. The number of nitrogens with zero attached hydrogens (tertiary/aromatic N) is 3. The highest BCUT2D eigenvalue weighted by molar-refractivity contribution is 5.65. The molecule has 24 heavy (non-hydrogen) atoms. The van der Waals surface area contributed by atoms with Gasteiger partial charge in [-0.25, -0.2) is 9.97 Å². The standard InChI is InChI=1S/C20H13N4/c21-19-12-15(10-11-22-19)6-8-18-13-23-20-9-7-17(14-24(18)20)16-4-2-1-3-5-16/h2-5,7,9-14H,(H2,21,22). The minimum atomic E-state index is 0.461. The number of aromatic nitrogens is 3. The Kier molecular flexibility index (Phi) is 3.45. The van der Waals surface area contributed by atoms with Gasteiger partial charge in [-0.15, -0.1) is 0 Å². The number of nitrogen functional groups attached to an aromatic ring is 1. The van der Waals surface area contributed by atoms with E-state index in [0.717, 1.165) is 28.0 Å². The molecule has 2 N–H and O–H groups in total. The monoisotopic (exact) mass is 309 g/mol. The maximum Gasteiger partial charge on any atom is 0.137 e. The van der Waals surface area contributed by atoms with E-state index in [4.69, 9.17) is 5.73 Å². The van der Waals surface area contributed by atoms with Crippen LogP contribution in [0.4, 0.5) is 5.82 Å². The van der Waals surface area contributed by atoms with Crippen LogP contribution in [-0.2, 0) is 0 Å². The molecule has 4 nitrogen and oxygen atoms in total. The van der Waals surface area contributed by atoms with Gasteiger partial charge in [0.1, 0.15) is 17.2 Å². The predicted octanol–water partition coefficient (Wildman–Crippen LogP) is 3.18. The van der Waals surface area contributed by atoms with Gasteiger partial charge in [-0.2, -0.15) is 0 Å². The van der Waals surface area contributed by atoms with Gasteiger partial charge in [0.05, 0.1) is 6.20 Å². The van der Waals surface area contributed by atoms with Crippen molar-refractivity contribution in [3.63, 3.8) is 0 Å². The van der Waals surface area contributed by atoms with E-state index in [0.29, 0.717) is 5.82 Å². The smallest absolute Gasteiger partial charge is 0.137 e. The molecule has 0 aliphatic carbocycles. The summed E-state index contributed by atoms with van der Waals surface area (Å²) in [5.41, 5.74) is 10.4. The normalized spacial score (nSPS) is 10.3. The number of nitrogens with two attached hydrogens (primary N) is 1. The van der Waals surface area contributed by atoms with Crippen LogP contribution in [0.15, 0.2) is 67.1 Å². The third-order valence-corrected chi connectivity index (χ3v) is 3.67. The molecule has 0 atom stereocenters. The van der Waals surface area contributed by atoms with Crippen LogP contribution < -0.4 is 5.73 Å². The zero-order valence-corrected chi connectivity index (χ0v) is 12.8. The lowest BCUT2D eigenvalue weighted by Gasteiger charge is -2.03. The average molecular weight is 309 g/mol. The number of hydrogen-bond acceptors (Lipinski definition) is 3. The van der Waals surface area contributed by atoms with E-state index in [1.54, 1.807) is 18.5 Å². The molecule has 0 fully saturated rings. The first-order valence-corrected chi connectivity index (χ1v) is 7.47. The SMILES string of the molecule is Nc1cc(C#Cc2cnc3ccc(-c4cc[c]cc4)cn23)ccn1. The molecule has 0 bridgehead atoms. The summed E-state index contributed by atoms with van der Waals surface area (Å²) in [6.45, 7) is 0.